The molecule has 0 heterocycles. The Bertz CT molecular complexity index is 122. The van der Waals surface area contributed by atoms with E-state index >= 15 is 0 Å². The van der Waals surface area contributed by atoms with Gasteiger partial charge in [0.15, 0.2) is 0 Å². The summed E-state index contributed by atoms with van der Waals surface area (Å²) in [5.41, 5.74) is -0.552. The molecule has 0 bridgehead atoms. The second kappa shape index (κ2) is 4.80. The standard InChI is InChI=1S/C9H21NO2/c1-7(2)8(3)10-9(4,5-11)6-12/h7-8,10-12H,5-6H2,1-4H3. The third-order valence-electron chi connectivity index (χ3n) is 2.27. The molecule has 0 rings (SSSR count). The van der Waals surface area contributed by atoms with E-state index in [1.807, 2.05) is 13.8 Å². The van der Waals surface area contributed by atoms with Crippen LogP contribution in [-0.2, 0) is 0 Å². The average molecular weight is 175 g/mol. The van der Waals surface area contributed by atoms with Gasteiger partial charge in [-0.15, -0.1) is 0 Å². The molecule has 0 radical (unpaired) electrons. The minimum absolute atomic E-state index is 0.0411. The normalized spacial score (nSPS) is 15.2. The smallest absolute Gasteiger partial charge is 0.0633 e. The molecule has 0 fully saturated rings. The largest absolute Gasteiger partial charge is 0.394 e. The Morgan fingerprint density at radius 3 is 1.83 bits per heavy atom. The first-order chi connectivity index (χ1) is 5.45. The predicted molar refractivity (Wildman–Crippen MR) is 50.0 cm³/mol. The molecule has 0 amide bonds. The second-order valence-electron chi connectivity index (χ2n) is 4.05. The molecule has 0 aromatic rings. The summed E-state index contributed by atoms with van der Waals surface area (Å²) < 4.78 is 0. The molecule has 1 atom stereocenters. The fourth-order valence-corrected chi connectivity index (χ4v) is 0.858. The van der Waals surface area contributed by atoms with Crippen molar-refractivity contribution in [1.82, 2.24) is 5.32 Å². The summed E-state index contributed by atoms with van der Waals surface area (Å²) in [6.07, 6.45) is 0. The van der Waals surface area contributed by atoms with E-state index in [4.69, 9.17) is 10.2 Å². The second-order valence-corrected chi connectivity index (χ2v) is 4.05. The summed E-state index contributed by atoms with van der Waals surface area (Å²) in [5, 5.41) is 21.2. The lowest BCUT2D eigenvalue weighted by molar-refractivity contribution is 0.0902. The van der Waals surface area contributed by atoms with Gasteiger partial charge in [0, 0.05) is 6.04 Å². The molecule has 0 aliphatic rings. The fraction of sp³-hybridized carbons (Fsp3) is 1.00. The van der Waals surface area contributed by atoms with Gasteiger partial charge >= 0.3 is 0 Å². The Morgan fingerprint density at radius 1 is 1.17 bits per heavy atom. The molecule has 0 aromatic heterocycles. The van der Waals surface area contributed by atoms with Crippen LogP contribution in [0.1, 0.15) is 27.7 Å². The maximum Gasteiger partial charge on any atom is 0.0633 e. The van der Waals surface area contributed by atoms with Crippen LogP contribution in [0.5, 0.6) is 0 Å². The van der Waals surface area contributed by atoms with E-state index < -0.39 is 5.54 Å². The van der Waals surface area contributed by atoms with E-state index in [-0.39, 0.29) is 13.2 Å². The molecule has 0 spiro atoms. The summed E-state index contributed by atoms with van der Waals surface area (Å²) >= 11 is 0. The number of nitrogens with one attached hydrogen (secondary N) is 1. The van der Waals surface area contributed by atoms with Gasteiger partial charge in [0.05, 0.1) is 18.8 Å². The van der Waals surface area contributed by atoms with E-state index in [1.165, 1.54) is 0 Å². The van der Waals surface area contributed by atoms with Crippen molar-refractivity contribution in [1.29, 1.82) is 0 Å². The molecule has 3 nitrogen and oxygen atoms in total. The maximum atomic E-state index is 8.99. The summed E-state index contributed by atoms with van der Waals surface area (Å²) in [7, 11) is 0. The van der Waals surface area contributed by atoms with Crippen LogP contribution < -0.4 is 5.32 Å². The Kier molecular flexibility index (Phi) is 4.75. The van der Waals surface area contributed by atoms with E-state index in [0.717, 1.165) is 0 Å². The van der Waals surface area contributed by atoms with Gasteiger partial charge in [-0.25, -0.2) is 0 Å². The first kappa shape index (κ1) is 11.9. The highest BCUT2D eigenvalue weighted by Crippen LogP contribution is 2.07. The monoisotopic (exact) mass is 175 g/mol. The quantitative estimate of drug-likeness (QED) is 0.565. The minimum Gasteiger partial charge on any atom is -0.394 e. The lowest BCUT2D eigenvalue weighted by Crippen LogP contribution is -2.54. The van der Waals surface area contributed by atoms with Crippen LogP contribution in [-0.4, -0.2) is 35.0 Å². The zero-order chi connectivity index (χ0) is 9.78. The van der Waals surface area contributed by atoms with Gasteiger partial charge in [0.1, 0.15) is 0 Å². The Hall–Kier alpha value is -0.120. The lowest BCUT2D eigenvalue weighted by atomic mass is 9.99. The highest BCUT2D eigenvalue weighted by molar-refractivity contribution is 4.84. The molecule has 0 aliphatic carbocycles. The third-order valence-corrected chi connectivity index (χ3v) is 2.27. The van der Waals surface area contributed by atoms with Crippen LogP contribution in [0.4, 0.5) is 0 Å². The van der Waals surface area contributed by atoms with Crippen molar-refractivity contribution < 1.29 is 10.2 Å². The molecular formula is C9H21NO2. The Balaban J connectivity index is 4.02. The SMILES string of the molecule is CC(C)C(C)NC(C)(CO)CO. The van der Waals surface area contributed by atoms with Crippen molar-refractivity contribution in [2.45, 2.75) is 39.3 Å². The van der Waals surface area contributed by atoms with Gasteiger partial charge in [0.2, 0.25) is 0 Å². The van der Waals surface area contributed by atoms with Crippen LogP contribution in [0.25, 0.3) is 0 Å². The topological polar surface area (TPSA) is 52.5 Å². The third kappa shape index (κ3) is 3.52. The zero-order valence-corrected chi connectivity index (χ0v) is 8.46. The first-order valence-electron chi connectivity index (χ1n) is 4.44. The molecule has 1 unspecified atom stereocenters. The lowest BCUT2D eigenvalue weighted by Gasteiger charge is -2.32. The van der Waals surface area contributed by atoms with Gasteiger partial charge in [-0.05, 0) is 19.8 Å². The molecule has 0 saturated heterocycles. The van der Waals surface area contributed by atoms with Crippen LogP contribution in [0.15, 0.2) is 0 Å². The minimum atomic E-state index is -0.552. The summed E-state index contributed by atoms with van der Waals surface area (Å²) in [6.45, 7) is 7.99. The van der Waals surface area contributed by atoms with Crippen molar-refractivity contribution in [3.05, 3.63) is 0 Å². The Labute approximate surface area is 74.8 Å². The van der Waals surface area contributed by atoms with E-state index in [2.05, 4.69) is 19.2 Å². The van der Waals surface area contributed by atoms with Gasteiger partial charge in [0.25, 0.3) is 0 Å². The predicted octanol–water partition coefficient (Wildman–Crippen LogP) is 0.364. The van der Waals surface area contributed by atoms with Crippen molar-refractivity contribution >= 4 is 0 Å². The maximum absolute atomic E-state index is 8.99. The number of hydrogen-bond acceptors (Lipinski definition) is 3. The van der Waals surface area contributed by atoms with Crippen LogP contribution >= 0.6 is 0 Å². The van der Waals surface area contributed by atoms with E-state index in [1.54, 1.807) is 0 Å². The van der Waals surface area contributed by atoms with E-state index in [9.17, 15) is 0 Å². The van der Waals surface area contributed by atoms with Crippen LogP contribution in [0.3, 0.4) is 0 Å². The van der Waals surface area contributed by atoms with Gasteiger partial charge < -0.3 is 15.5 Å². The van der Waals surface area contributed by atoms with Gasteiger partial charge in [-0.3, -0.25) is 0 Å². The first-order valence-corrected chi connectivity index (χ1v) is 4.44. The van der Waals surface area contributed by atoms with Crippen molar-refractivity contribution in [2.24, 2.45) is 5.92 Å². The zero-order valence-electron chi connectivity index (χ0n) is 8.46. The summed E-state index contributed by atoms with van der Waals surface area (Å²) in [6, 6.07) is 0.300. The molecular weight excluding hydrogens is 154 g/mol. The van der Waals surface area contributed by atoms with Crippen LogP contribution in [0, 0.1) is 5.92 Å². The van der Waals surface area contributed by atoms with Crippen molar-refractivity contribution in [3.8, 4) is 0 Å². The molecule has 3 heteroatoms. The van der Waals surface area contributed by atoms with Crippen LogP contribution in [0.2, 0.25) is 0 Å². The number of aliphatic hydroxyl groups is 2. The average Bonchev–Trinajstić information content (AvgIpc) is 2.04. The number of hydrogen-bond donors (Lipinski definition) is 3. The van der Waals surface area contributed by atoms with Crippen molar-refractivity contribution in [2.75, 3.05) is 13.2 Å². The van der Waals surface area contributed by atoms with Gasteiger partial charge in [-0.2, -0.15) is 0 Å². The fourth-order valence-electron chi connectivity index (χ4n) is 0.858. The summed E-state index contributed by atoms with van der Waals surface area (Å²) in [5.74, 6) is 0.502. The number of aliphatic hydroxyl groups excluding tert-OH is 2. The highest BCUT2D eigenvalue weighted by atomic mass is 16.3. The molecule has 12 heavy (non-hydrogen) atoms. The summed E-state index contributed by atoms with van der Waals surface area (Å²) in [4.78, 5) is 0. The highest BCUT2D eigenvalue weighted by Gasteiger charge is 2.24. The molecule has 0 saturated carbocycles. The van der Waals surface area contributed by atoms with Crippen molar-refractivity contribution in [3.63, 3.8) is 0 Å². The molecule has 74 valence electrons. The Morgan fingerprint density at radius 2 is 1.58 bits per heavy atom. The molecule has 0 aromatic carbocycles. The number of rotatable bonds is 5. The van der Waals surface area contributed by atoms with Gasteiger partial charge in [-0.1, -0.05) is 13.8 Å². The van der Waals surface area contributed by atoms with E-state index in [0.29, 0.717) is 12.0 Å². The molecule has 0 aliphatic heterocycles. The molecule has 3 N–H and O–H groups in total.